The van der Waals surface area contributed by atoms with Gasteiger partial charge in [-0.1, -0.05) is 93.6 Å². The second-order valence-electron chi connectivity index (χ2n) is 6.99. The largest absolute Gasteiger partial charge is 0.248 e. The van der Waals surface area contributed by atoms with Gasteiger partial charge in [-0.05, 0) is 23.1 Å². The zero-order chi connectivity index (χ0) is 17.0. The van der Waals surface area contributed by atoms with Crippen LogP contribution in [0.2, 0.25) is 0 Å². The predicted molar refractivity (Wildman–Crippen MR) is 103 cm³/mol. The van der Waals surface area contributed by atoms with Crippen molar-refractivity contribution in [3.63, 3.8) is 0 Å². The Balaban J connectivity index is 2.04. The number of rotatable bonds is 3. The van der Waals surface area contributed by atoms with E-state index in [1.807, 2.05) is 12.1 Å². The molecule has 0 saturated heterocycles. The van der Waals surface area contributed by atoms with Crippen LogP contribution >= 0.6 is 0 Å². The Hall–Kier alpha value is -2.67. The first-order valence-electron chi connectivity index (χ1n) is 8.34. The van der Waals surface area contributed by atoms with Gasteiger partial charge in [0.15, 0.2) is 0 Å². The van der Waals surface area contributed by atoms with Gasteiger partial charge in [0.2, 0.25) is 0 Å². The van der Waals surface area contributed by atoms with E-state index >= 15 is 0 Å². The molecule has 0 aliphatic rings. The predicted octanol–water partition coefficient (Wildman–Crippen LogP) is 6.15. The normalized spacial score (nSPS) is 11.1. The van der Waals surface area contributed by atoms with Crippen LogP contribution in [0, 0.1) is 0 Å². The van der Waals surface area contributed by atoms with Crippen LogP contribution < -0.4 is 0 Å². The first-order valence-corrected chi connectivity index (χ1v) is 8.34. The molecule has 3 rings (SSSR count). The zero-order valence-electron chi connectivity index (χ0n) is 14.5. The lowest BCUT2D eigenvalue weighted by molar-refractivity contribution is 0.590. The number of hydrogen-bond donors (Lipinski definition) is 0. The molecule has 0 radical (unpaired) electrons. The SMILES string of the molecule is CC(C)(C)c1ccc(N=C(c2ccccc2)c2ccccc2)cc1. The fourth-order valence-electron chi connectivity index (χ4n) is 2.65. The molecular weight excluding hydrogens is 290 g/mol. The van der Waals surface area contributed by atoms with Gasteiger partial charge in [-0.15, -0.1) is 0 Å². The molecule has 0 bridgehead atoms. The molecule has 0 aliphatic heterocycles. The second-order valence-corrected chi connectivity index (χ2v) is 6.99. The van der Waals surface area contributed by atoms with Gasteiger partial charge in [0.25, 0.3) is 0 Å². The topological polar surface area (TPSA) is 12.4 Å². The summed E-state index contributed by atoms with van der Waals surface area (Å²) >= 11 is 0. The summed E-state index contributed by atoms with van der Waals surface area (Å²) in [5.74, 6) is 0. The molecular formula is C23H23N. The molecule has 120 valence electrons. The van der Waals surface area contributed by atoms with Crippen molar-refractivity contribution in [3.8, 4) is 0 Å². The molecule has 3 aromatic rings. The van der Waals surface area contributed by atoms with Crippen molar-refractivity contribution in [1.82, 2.24) is 0 Å². The van der Waals surface area contributed by atoms with E-state index in [0.29, 0.717) is 0 Å². The molecule has 24 heavy (non-hydrogen) atoms. The Morgan fingerprint density at radius 3 is 1.50 bits per heavy atom. The highest BCUT2D eigenvalue weighted by Crippen LogP contribution is 2.25. The smallest absolute Gasteiger partial charge is 0.0781 e. The Morgan fingerprint density at radius 2 is 1.08 bits per heavy atom. The van der Waals surface area contributed by atoms with Crippen LogP contribution in [0.3, 0.4) is 0 Å². The molecule has 0 heterocycles. The van der Waals surface area contributed by atoms with E-state index < -0.39 is 0 Å². The molecule has 0 saturated carbocycles. The van der Waals surface area contributed by atoms with E-state index in [1.54, 1.807) is 0 Å². The lowest BCUT2D eigenvalue weighted by atomic mass is 9.87. The van der Waals surface area contributed by atoms with Crippen LogP contribution in [0.1, 0.15) is 37.5 Å². The number of hydrogen-bond acceptors (Lipinski definition) is 1. The summed E-state index contributed by atoms with van der Waals surface area (Å²) in [6, 6.07) is 29.3. The molecule has 0 aliphatic carbocycles. The van der Waals surface area contributed by atoms with Gasteiger partial charge in [-0.3, -0.25) is 0 Å². The summed E-state index contributed by atoms with van der Waals surface area (Å²) in [6.45, 7) is 6.68. The minimum absolute atomic E-state index is 0.157. The van der Waals surface area contributed by atoms with Crippen molar-refractivity contribution in [2.75, 3.05) is 0 Å². The Kier molecular flexibility index (Phi) is 4.61. The van der Waals surface area contributed by atoms with Crippen molar-refractivity contribution in [2.45, 2.75) is 26.2 Å². The van der Waals surface area contributed by atoms with Crippen LogP contribution in [-0.4, -0.2) is 5.71 Å². The molecule has 1 heteroatoms. The summed E-state index contributed by atoms with van der Waals surface area (Å²) in [5, 5.41) is 0. The molecule has 0 atom stereocenters. The van der Waals surface area contributed by atoms with Crippen LogP contribution in [0.4, 0.5) is 5.69 Å². The average Bonchev–Trinajstić information content (AvgIpc) is 2.61. The maximum absolute atomic E-state index is 4.94. The first kappa shape index (κ1) is 16.2. The lowest BCUT2D eigenvalue weighted by Gasteiger charge is -2.18. The number of aliphatic imine (C=N–C) groups is 1. The van der Waals surface area contributed by atoms with Crippen molar-refractivity contribution in [3.05, 3.63) is 102 Å². The van der Waals surface area contributed by atoms with E-state index in [1.165, 1.54) is 5.56 Å². The van der Waals surface area contributed by atoms with Gasteiger partial charge in [-0.25, -0.2) is 4.99 Å². The number of nitrogens with zero attached hydrogens (tertiary/aromatic N) is 1. The van der Waals surface area contributed by atoms with Crippen molar-refractivity contribution in [1.29, 1.82) is 0 Å². The van der Waals surface area contributed by atoms with E-state index in [2.05, 4.69) is 93.6 Å². The monoisotopic (exact) mass is 313 g/mol. The lowest BCUT2D eigenvalue weighted by Crippen LogP contribution is -2.10. The molecule has 0 fully saturated rings. The fourth-order valence-corrected chi connectivity index (χ4v) is 2.65. The third kappa shape index (κ3) is 3.80. The van der Waals surface area contributed by atoms with Gasteiger partial charge >= 0.3 is 0 Å². The van der Waals surface area contributed by atoms with Crippen LogP contribution in [0.25, 0.3) is 0 Å². The zero-order valence-corrected chi connectivity index (χ0v) is 14.5. The third-order valence-electron chi connectivity index (χ3n) is 4.07. The quantitative estimate of drug-likeness (QED) is 0.514. The highest BCUT2D eigenvalue weighted by atomic mass is 14.7. The summed E-state index contributed by atoms with van der Waals surface area (Å²) in [7, 11) is 0. The Labute approximate surface area is 144 Å². The number of benzene rings is 3. The van der Waals surface area contributed by atoms with Crippen molar-refractivity contribution < 1.29 is 0 Å². The van der Waals surface area contributed by atoms with Gasteiger partial charge in [0, 0.05) is 11.1 Å². The highest BCUT2D eigenvalue weighted by molar-refractivity contribution is 6.13. The van der Waals surface area contributed by atoms with Crippen LogP contribution in [0.5, 0.6) is 0 Å². The molecule has 0 unspecified atom stereocenters. The molecule has 1 nitrogen and oxygen atoms in total. The van der Waals surface area contributed by atoms with Gasteiger partial charge in [-0.2, -0.15) is 0 Å². The minimum atomic E-state index is 0.157. The van der Waals surface area contributed by atoms with Crippen molar-refractivity contribution >= 4 is 11.4 Å². The van der Waals surface area contributed by atoms with E-state index in [0.717, 1.165) is 22.5 Å². The third-order valence-corrected chi connectivity index (χ3v) is 4.07. The Bertz CT molecular complexity index is 766. The van der Waals surface area contributed by atoms with Gasteiger partial charge in [0.1, 0.15) is 0 Å². The maximum atomic E-state index is 4.94. The molecule has 0 aromatic heterocycles. The van der Waals surface area contributed by atoms with Crippen molar-refractivity contribution in [2.24, 2.45) is 4.99 Å². The fraction of sp³-hybridized carbons (Fsp3) is 0.174. The highest BCUT2D eigenvalue weighted by Gasteiger charge is 2.13. The second kappa shape index (κ2) is 6.84. The van der Waals surface area contributed by atoms with E-state index in [9.17, 15) is 0 Å². The van der Waals surface area contributed by atoms with Gasteiger partial charge in [0.05, 0.1) is 11.4 Å². The van der Waals surface area contributed by atoms with E-state index in [4.69, 9.17) is 4.99 Å². The minimum Gasteiger partial charge on any atom is -0.248 e. The van der Waals surface area contributed by atoms with E-state index in [-0.39, 0.29) is 5.41 Å². The standard InChI is InChI=1S/C23H23N/c1-23(2,3)20-14-16-21(17-15-20)24-22(18-10-6-4-7-11-18)19-12-8-5-9-13-19/h4-17H,1-3H3. The summed E-state index contributed by atoms with van der Waals surface area (Å²) in [6.07, 6.45) is 0. The molecule has 0 spiro atoms. The summed E-state index contributed by atoms with van der Waals surface area (Å²) in [5.41, 5.74) is 5.71. The van der Waals surface area contributed by atoms with Gasteiger partial charge < -0.3 is 0 Å². The van der Waals surface area contributed by atoms with Crippen LogP contribution in [-0.2, 0) is 5.41 Å². The molecule has 0 N–H and O–H groups in total. The molecule has 0 amide bonds. The summed E-state index contributed by atoms with van der Waals surface area (Å²) < 4.78 is 0. The average molecular weight is 313 g/mol. The first-order chi connectivity index (χ1) is 11.5. The maximum Gasteiger partial charge on any atom is 0.0781 e. The Morgan fingerprint density at radius 1 is 0.625 bits per heavy atom. The summed E-state index contributed by atoms with van der Waals surface area (Å²) in [4.78, 5) is 4.94. The molecule has 3 aromatic carbocycles. The van der Waals surface area contributed by atoms with Crippen LogP contribution in [0.15, 0.2) is 89.9 Å².